The molecule has 0 spiro atoms. The Labute approximate surface area is 182 Å². The quantitative estimate of drug-likeness (QED) is 0.509. The summed E-state index contributed by atoms with van der Waals surface area (Å²) in [5.74, 6) is 1.17. The summed E-state index contributed by atoms with van der Waals surface area (Å²) < 4.78 is 11.0. The molecule has 2 unspecified atom stereocenters. The van der Waals surface area contributed by atoms with Crippen LogP contribution in [0.3, 0.4) is 0 Å². The lowest BCUT2D eigenvalue weighted by Crippen LogP contribution is -2.41. The number of likely N-dealkylation sites (tertiary alicyclic amines) is 1. The predicted molar refractivity (Wildman–Crippen MR) is 119 cm³/mol. The summed E-state index contributed by atoms with van der Waals surface area (Å²) in [4.78, 5) is 26.7. The molecule has 0 radical (unpaired) electrons. The third-order valence-corrected chi connectivity index (χ3v) is 6.26. The van der Waals surface area contributed by atoms with E-state index in [1.54, 1.807) is 23.6 Å². The number of ether oxygens (including phenoxy) is 2. The van der Waals surface area contributed by atoms with Gasteiger partial charge in [0.2, 0.25) is 5.91 Å². The molecule has 0 saturated carbocycles. The second kappa shape index (κ2) is 11.8. The van der Waals surface area contributed by atoms with Crippen LogP contribution in [0.25, 0.3) is 0 Å². The normalized spacial score (nSPS) is 18.6. The molecule has 2 atom stereocenters. The van der Waals surface area contributed by atoms with Gasteiger partial charge in [-0.15, -0.1) is 0 Å². The van der Waals surface area contributed by atoms with Gasteiger partial charge in [0.1, 0.15) is 6.54 Å². The maximum absolute atomic E-state index is 13.0. The molecule has 30 heavy (non-hydrogen) atoms. The highest BCUT2D eigenvalue weighted by Gasteiger charge is 2.40. The van der Waals surface area contributed by atoms with Gasteiger partial charge in [-0.25, -0.2) is 0 Å². The van der Waals surface area contributed by atoms with Crippen molar-refractivity contribution in [3.63, 3.8) is 0 Å². The van der Waals surface area contributed by atoms with Crippen LogP contribution in [0.2, 0.25) is 0 Å². The molecule has 0 bridgehead atoms. The van der Waals surface area contributed by atoms with Gasteiger partial charge in [-0.1, -0.05) is 60.7 Å². The molecule has 1 amide bonds. The lowest BCUT2D eigenvalue weighted by Gasteiger charge is -2.23. The minimum atomic E-state index is -0.364. The van der Waals surface area contributed by atoms with Crippen LogP contribution in [0.5, 0.6) is 0 Å². The third kappa shape index (κ3) is 6.61. The highest BCUT2D eigenvalue weighted by molar-refractivity contribution is 7.98. The van der Waals surface area contributed by atoms with Crippen molar-refractivity contribution in [2.24, 2.45) is 5.92 Å². The van der Waals surface area contributed by atoms with Crippen LogP contribution < -0.4 is 0 Å². The van der Waals surface area contributed by atoms with Crippen molar-refractivity contribution in [1.82, 2.24) is 4.90 Å². The summed E-state index contributed by atoms with van der Waals surface area (Å²) in [5.41, 5.74) is 2.34. The van der Waals surface area contributed by atoms with Crippen molar-refractivity contribution in [1.29, 1.82) is 0 Å². The van der Waals surface area contributed by atoms with E-state index in [2.05, 4.69) is 12.1 Å². The minimum absolute atomic E-state index is 0.00805. The Kier molecular flexibility index (Phi) is 8.78. The molecule has 1 aliphatic heterocycles. The van der Waals surface area contributed by atoms with Crippen LogP contribution >= 0.6 is 11.8 Å². The number of amides is 1. The number of hydrogen-bond donors (Lipinski definition) is 0. The predicted octanol–water partition coefficient (Wildman–Crippen LogP) is 3.92. The van der Waals surface area contributed by atoms with E-state index in [1.807, 2.05) is 48.5 Å². The monoisotopic (exact) mass is 427 g/mol. The summed E-state index contributed by atoms with van der Waals surface area (Å²) in [6, 6.07) is 20.1. The van der Waals surface area contributed by atoms with E-state index in [4.69, 9.17) is 9.47 Å². The van der Waals surface area contributed by atoms with Crippen LogP contribution in [0.15, 0.2) is 60.7 Å². The molecule has 0 aliphatic carbocycles. The third-order valence-electron chi connectivity index (χ3n) is 5.09. The zero-order valence-electron chi connectivity index (χ0n) is 17.4. The lowest BCUT2D eigenvalue weighted by molar-refractivity contribution is -0.149. The lowest BCUT2D eigenvalue weighted by atomic mass is 10.1. The van der Waals surface area contributed by atoms with Gasteiger partial charge in [0.05, 0.1) is 25.9 Å². The Hall–Kier alpha value is -2.31. The van der Waals surface area contributed by atoms with E-state index in [0.29, 0.717) is 26.2 Å². The molecular formula is C24H29NO4S. The fourth-order valence-corrected chi connectivity index (χ4v) is 4.71. The van der Waals surface area contributed by atoms with Crippen molar-refractivity contribution in [2.45, 2.75) is 31.7 Å². The van der Waals surface area contributed by atoms with E-state index in [1.165, 1.54) is 5.56 Å². The second-order valence-corrected chi connectivity index (χ2v) is 8.39. The van der Waals surface area contributed by atoms with Gasteiger partial charge < -0.3 is 14.4 Å². The highest BCUT2D eigenvalue weighted by atomic mass is 32.2. The SMILES string of the molecule is CCOC(=O)CN1C(=O)C(CSCc2ccccc2)CC1COCc1ccccc1. The maximum atomic E-state index is 13.0. The van der Waals surface area contributed by atoms with Gasteiger partial charge >= 0.3 is 5.97 Å². The van der Waals surface area contributed by atoms with Crippen LogP contribution in [0.4, 0.5) is 0 Å². The fourth-order valence-electron chi connectivity index (χ4n) is 3.60. The molecule has 5 nitrogen and oxygen atoms in total. The van der Waals surface area contributed by atoms with E-state index < -0.39 is 0 Å². The van der Waals surface area contributed by atoms with E-state index in [9.17, 15) is 9.59 Å². The van der Waals surface area contributed by atoms with Crippen LogP contribution in [-0.4, -0.2) is 48.3 Å². The molecule has 1 fully saturated rings. The first-order valence-corrected chi connectivity index (χ1v) is 11.5. The molecule has 1 saturated heterocycles. The summed E-state index contributed by atoms with van der Waals surface area (Å²) in [6.45, 7) is 2.98. The molecule has 2 aromatic carbocycles. The number of nitrogens with zero attached hydrogens (tertiary/aromatic N) is 1. The number of carbonyl (C=O) groups is 2. The summed E-state index contributed by atoms with van der Waals surface area (Å²) >= 11 is 1.76. The molecule has 1 aliphatic rings. The molecule has 1 heterocycles. The van der Waals surface area contributed by atoms with E-state index in [0.717, 1.165) is 17.1 Å². The first-order valence-electron chi connectivity index (χ1n) is 10.4. The van der Waals surface area contributed by atoms with Gasteiger partial charge in [0.15, 0.2) is 0 Å². The standard InChI is InChI=1S/C24H29NO4S/c1-2-29-23(26)14-25-22(16-28-15-19-9-5-3-6-10-19)13-21(24(25)27)18-30-17-20-11-7-4-8-12-20/h3-12,21-22H,2,13-18H2,1H3. The van der Waals surface area contributed by atoms with Crippen molar-refractivity contribution in [3.05, 3.63) is 71.8 Å². The molecule has 160 valence electrons. The maximum Gasteiger partial charge on any atom is 0.325 e. The number of rotatable bonds is 11. The van der Waals surface area contributed by atoms with Crippen molar-refractivity contribution in [3.8, 4) is 0 Å². The Bertz CT molecular complexity index is 799. The van der Waals surface area contributed by atoms with Crippen molar-refractivity contribution < 1.29 is 19.1 Å². The summed E-state index contributed by atoms with van der Waals surface area (Å²) in [7, 11) is 0. The molecule has 6 heteroatoms. The molecular weight excluding hydrogens is 398 g/mol. The topological polar surface area (TPSA) is 55.8 Å². The zero-order chi connectivity index (χ0) is 21.2. The van der Waals surface area contributed by atoms with Crippen molar-refractivity contribution >= 4 is 23.6 Å². The Morgan fingerprint density at radius 1 is 1.07 bits per heavy atom. The van der Waals surface area contributed by atoms with Gasteiger partial charge in [-0.05, 0) is 24.5 Å². The number of hydrogen-bond acceptors (Lipinski definition) is 5. The zero-order valence-corrected chi connectivity index (χ0v) is 18.2. The largest absolute Gasteiger partial charge is 0.465 e. The average Bonchev–Trinajstić information content (AvgIpc) is 3.05. The Morgan fingerprint density at radius 2 is 1.73 bits per heavy atom. The van der Waals surface area contributed by atoms with E-state index in [-0.39, 0.29) is 30.4 Å². The molecule has 0 aromatic heterocycles. The number of thioether (sulfide) groups is 1. The second-order valence-electron chi connectivity index (χ2n) is 7.36. The van der Waals surface area contributed by atoms with Gasteiger partial charge in [-0.2, -0.15) is 11.8 Å². The number of esters is 1. The van der Waals surface area contributed by atoms with Gasteiger partial charge in [-0.3, -0.25) is 9.59 Å². The highest BCUT2D eigenvalue weighted by Crippen LogP contribution is 2.29. The first-order chi connectivity index (χ1) is 14.7. The van der Waals surface area contributed by atoms with Crippen LogP contribution in [-0.2, 0) is 31.4 Å². The fraction of sp³-hybridized carbons (Fsp3) is 0.417. The number of benzene rings is 2. The van der Waals surface area contributed by atoms with Crippen LogP contribution in [0.1, 0.15) is 24.5 Å². The molecule has 3 rings (SSSR count). The van der Waals surface area contributed by atoms with Gasteiger partial charge in [0, 0.05) is 17.4 Å². The average molecular weight is 428 g/mol. The molecule has 2 aromatic rings. The van der Waals surface area contributed by atoms with Gasteiger partial charge in [0.25, 0.3) is 0 Å². The Balaban J connectivity index is 1.55. The first kappa shape index (κ1) is 22.4. The van der Waals surface area contributed by atoms with Crippen LogP contribution in [0, 0.1) is 5.92 Å². The van der Waals surface area contributed by atoms with Crippen molar-refractivity contribution in [2.75, 3.05) is 25.5 Å². The minimum Gasteiger partial charge on any atom is -0.465 e. The number of carbonyl (C=O) groups excluding carboxylic acids is 2. The molecule has 0 N–H and O–H groups in total. The summed E-state index contributed by atoms with van der Waals surface area (Å²) in [5, 5.41) is 0. The smallest absolute Gasteiger partial charge is 0.325 e. The van der Waals surface area contributed by atoms with E-state index >= 15 is 0 Å². The Morgan fingerprint density at radius 3 is 2.40 bits per heavy atom. The summed E-state index contributed by atoms with van der Waals surface area (Å²) in [6.07, 6.45) is 0.703.